The van der Waals surface area contributed by atoms with Gasteiger partial charge < -0.3 is 15.3 Å². The zero-order valence-electron chi connectivity index (χ0n) is 17.9. The van der Waals surface area contributed by atoms with Crippen LogP contribution in [0.1, 0.15) is 85.0 Å². The van der Waals surface area contributed by atoms with Crippen molar-refractivity contribution in [1.82, 2.24) is 0 Å². The van der Waals surface area contributed by atoms with Gasteiger partial charge >= 0.3 is 5.97 Å². The molecule has 4 aliphatic carbocycles. The molecule has 0 amide bonds. The van der Waals surface area contributed by atoms with E-state index >= 15 is 0 Å². The average Bonchev–Trinajstić information content (AvgIpc) is 2.99. The highest BCUT2D eigenvalue weighted by molar-refractivity contribution is 5.66. The maximum Gasteiger partial charge on any atom is 0.303 e. The molecule has 0 saturated heterocycles. The average molecular weight is 393 g/mol. The van der Waals surface area contributed by atoms with E-state index in [1.807, 2.05) is 0 Å². The summed E-state index contributed by atoms with van der Waals surface area (Å²) in [7, 11) is 0. The Balaban J connectivity index is 1.55. The van der Waals surface area contributed by atoms with Gasteiger partial charge in [0.1, 0.15) is 0 Å². The number of carbonyl (C=O) groups is 1. The van der Waals surface area contributed by atoms with E-state index in [0.717, 1.165) is 32.1 Å². The highest BCUT2D eigenvalue weighted by atomic mass is 16.4. The lowest BCUT2D eigenvalue weighted by Crippen LogP contribution is -2.58. The predicted molar refractivity (Wildman–Crippen MR) is 109 cm³/mol. The first-order valence-corrected chi connectivity index (χ1v) is 11.7. The predicted octanol–water partition coefficient (Wildman–Crippen LogP) is 4.48. The van der Waals surface area contributed by atoms with Gasteiger partial charge in [-0.3, -0.25) is 4.79 Å². The van der Waals surface area contributed by atoms with Crippen LogP contribution in [0.4, 0.5) is 0 Å². The van der Waals surface area contributed by atoms with Crippen molar-refractivity contribution in [3.05, 3.63) is 0 Å². The zero-order chi connectivity index (χ0) is 20.3. The van der Waals surface area contributed by atoms with Crippen LogP contribution in [0.3, 0.4) is 0 Å². The molecule has 160 valence electrons. The Labute approximate surface area is 170 Å². The topological polar surface area (TPSA) is 77.8 Å². The normalized spacial score (nSPS) is 51.7. The van der Waals surface area contributed by atoms with Gasteiger partial charge in [0.05, 0.1) is 12.2 Å². The number of aliphatic hydroxyl groups is 2. The summed E-state index contributed by atoms with van der Waals surface area (Å²) in [5.74, 6) is 2.61. The fourth-order valence-electron chi connectivity index (χ4n) is 8.81. The molecule has 4 fully saturated rings. The lowest BCUT2D eigenvalue weighted by molar-refractivity contribution is -0.172. The summed E-state index contributed by atoms with van der Waals surface area (Å²) >= 11 is 0. The minimum atomic E-state index is -0.677. The second kappa shape index (κ2) is 7.27. The van der Waals surface area contributed by atoms with Crippen LogP contribution in [-0.2, 0) is 4.79 Å². The molecule has 8 unspecified atom stereocenters. The summed E-state index contributed by atoms with van der Waals surface area (Å²) in [4.78, 5) is 11.1. The van der Waals surface area contributed by atoms with Crippen molar-refractivity contribution in [3.63, 3.8) is 0 Å². The Morgan fingerprint density at radius 3 is 2.36 bits per heavy atom. The molecule has 0 aromatic heterocycles. The maximum atomic E-state index is 11.1. The molecule has 28 heavy (non-hydrogen) atoms. The van der Waals surface area contributed by atoms with Crippen LogP contribution in [0.5, 0.6) is 0 Å². The van der Waals surface area contributed by atoms with Crippen LogP contribution in [0.15, 0.2) is 0 Å². The van der Waals surface area contributed by atoms with Crippen molar-refractivity contribution in [2.45, 2.75) is 97.2 Å². The van der Waals surface area contributed by atoms with Crippen LogP contribution in [0, 0.1) is 46.3 Å². The van der Waals surface area contributed by atoms with Gasteiger partial charge in [0, 0.05) is 6.42 Å². The van der Waals surface area contributed by atoms with Gasteiger partial charge in [-0.25, -0.2) is 0 Å². The zero-order valence-corrected chi connectivity index (χ0v) is 17.9. The van der Waals surface area contributed by atoms with Crippen LogP contribution in [0.2, 0.25) is 0 Å². The molecule has 4 nitrogen and oxygen atoms in total. The first-order valence-electron chi connectivity index (χ1n) is 11.7. The van der Waals surface area contributed by atoms with E-state index in [0.29, 0.717) is 35.0 Å². The second-order valence-electron chi connectivity index (χ2n) is 11.4. The van der Waals surface area contributed by atoms with Gasteiger partial charge in [-0.15, -0.1) is 0 Å². The van der Waals surface area contributed by atoms with E-state index in [1.54, 1.807) is 0 Å². The molecule has 10 atom stereocenters. The molecule has 4 saturated carbocycles. The van der Waals surface area contributed by atoms with Gasteiger partial charge in [-0.1, -0.05) is 20.8 Å². The summed E-state index contributed by atoms with van der Waals surface area (Å²) < 4.78 is 0. The molecule has 3 N–H and O–H groups in total. The number of fused-ring (bicyclic) bond motifs is 5. The minimum Gasteiger partial charge on any atom is -0.481 e. The number of aliphatic hydroxyl groups excluding tert-OH is 2. The monoisotopic (exact) mass is 392 g/mol. The van der Waals surface area contributed by atoms with Gasteiger partial charge in [0.2, 0.25) is 0 Å². The van der Waals surface area contributed by atoms with E-state index in [2.05, 4.69) is 20.8 Å². The molecule has 0 heterocycles. The maximum absolute atomic E-state index is 11.1. The molecule has 0 aromatic rings. The van der Waals surface area contributed by atoms with E-state index in [1.165, 1.54) is 25.7 Å². The first kappa shape index (κ1) is 20.7. The molecule has 4 heteroatoms. The lowest BCUT2D eigenvalue weighted by atomic mass is 9.44. The highest BCUT2D eigenvalue weighted by Gasteiger charge is 2.62. The number of rotatable bonds is 4. The van der Waals surface area contributed by atoms with E-state index < -0.39 is 5.97 Å². The molecular formula is C24H40O4. The fraction of sp³-hybridized carbons (Fsp3) is 0.958. The molecule has 0 bridgehead atoms. The number of carboxylic acid groups (broad SMARTS) is 1. The Morgan fingerprint density at radius 2 is 1.64 bits per heavy atom. The number of aliphatic carboxylic acids is 1. The molecular weight excluding hydrogens is 352 g/mol. The van der Waals surface area contributed by atoms with Crippen molar-refractivity contribution < 1.29 is 20.1 Å². The highest BCUT2D eigenvalue weighted by Crippen LogP contribution is 2.68. The van der Waals surface area contributed by atoms with E-state index in [4.69, 9.17) is 5.11 Å². The van der Waals surface area contributed by atoms with Gasteiger partial charge in [0.15, 0.2) is 0 Å². The smallest absolute Gasteiger partial charge is 0.303 e. The van der Waals surface area contributed by atoms with Gasteiger partial charge in [-0.2, -0.15) is 0 Å². The molecule has 4 rings (SSSR count). The molecule has 4 aliphatic rings. The van der Waals surface area contributed by atoms with Crippen LogP contribution >= 0.6 is 0 Å². The SMILES string of the molecule is CC(CCC(=O)O)C1CCC2C3C[C@H](O)C4C[C@H](O)CCC4(C)C3CCC12C. The third-order valence-electron chi connectivity index (χ3n) is 10.2. The largest absolute Gasteiger partial charge is 0.481 e. The Bertz CT molecular complexity index is 605. The minimum absolute atomic E-state index is 0.176. The third-order valence-corrected chi connectivity index (χ3v) is 10.2. The summed E-state index contributed by atoms with van der Waals surface area (Å²) in [5, 5.41) is 30.4. The summed E-state index contributed by atoms with van der Waals surface area (Å²) in [6.07, 6.45) is 9.16. The lowest BCUT2D eigenvalue weighted by Gasteiger charge is -2.62. The van der Waals surface area contributed by atoms with Crippen LogP contribution < -0.4 is 0 Å². The van der Waals surface area contributed by atoms with Crippen molar-refractivity contribution in [2.75, 3.05) is 0 Å². The summed E-state index contributed by atoms with van der Waals surface area (Å²) in [6.45, 7) is 7.16. The van der Waals surface area contributed by atoms with Crippen LogP contribution in [-0.4, -0.2) is 33.5 Å². The second-order valence-corrected chi connectivity index (χ2v) is 11.4. The Kier molecular flexibility index (Phi) is 5.36. The number of hydrogen-bond donors (Lipinski definition) is 3. The van der Waals surface area contributed by atoms with Crippen molar-refractivity contribution >= 4 is 5.97 Å². The standard InChI is InChI=1S/C24H40O4/c1-14(4-7-22(27)28)17-5-6-18-16-13-21(26)20-12-15(25)8-10-24(20,3)19(16)9-11-23(17,18)2/h14-21,25-26H,4-13H2,1-3H3,(H,27,28)/t14?,15-,16?,17?,18?,19?,20?,21+,23?,24?/m1/s1. The first-order chi connectivity index (χ1) is 13.2. The fourth-order valence-corrected chi connectivity index (χ4v) is 8.81. The number of carboxylic acids is 1. The van der Waals surface area contributed by atoms with E-state index in [9.17, 15) is 15.0 Å². The Morgan fingerprint density at radius 1 is 0.964 bits per heavy atom. The van der Waals surface area contributed by atoms with Crippen molar-refractivity contribution in [3.8, 4) is 0 Å². The Hall–Kier alpha value is -0.610. The van der Waals surface area contributed by atoms with Gasteiger partial charge in [-0.05, 0) is 104 Å². The number of hydrogen-bond acceptors (Lipinski definition) is 3. The summed E-state index contributed by atoms with van der Waals surface area (Å²) in [5.41, 5.74) is 0.478. The third kappa shape index (κ3) is 3.14. The summed E-state index contributed by atoms with van der Waals surface area (Å²) in [6, 6.07) is 0. The molecule has 0 radical (unpaired) electrons. The quantitative estimate of drug-likeness (QED) is 0.659. The van der Waals surface area contributed by atoms with Crippen molar-refractivity contribution in [2.24, 2.45) is 46.3 Å². The van der Waals surface area contributed by atoms with Crippen molar-refractivity contribution in [1.29, 1.82) is 0 Å². The molecule has 0 spiro atoms. The van der Waals surface area contributed by atoms with Crippen LogP contribution in [0.25, 0.3) is 0 Å². The van der Waals surface area contributed by atoms with Gasteiger partial charge in [0.25, 0.3) is 0 Å². The molecule has 0 aromatic carbocycles. The molecule has 0 aliphatic heterocycles. The van der Waals surface area contributed by atoms with E-state index in [-0.39, 0.29) is 30.0 Å².